The zero-order chi connectivity index (χ0) is 15.1. The van der Waals surface area contributed by atoms with Crippen molar-refractivity contribution in [3.63, 3.8) is 0 Å². The number of amides is 2. The number of carbonyl (C=O) groups excluding carboxylic acids is 2. The first kappa shape index (κ1) is 14.3. The van der Waals surface area contributed by atoms with Gasteiger partial charge in [0.1, 0.15) is 5.00 Å². The van der Waals surface area contributed by atoms with E-state index in [9.17, 15) is 9.59 Å². The molecule has 0 aromatic carbocycles. The molecule has 2 heterocycles. The molecule has 0 fully saturated rings. The molecule has 6 heteroatoms. The Morgan fingerprint density at radius 3 is 2.67 bits per heavy atom. The van der Waals surface area contributed by atoms with Crippen LogP contribution in [0.4, 0.5) is 5.00 Å². The Morgan fingerprint density at radius 1 is 1.29 bits per heavy atom. The molecule has 2 aromatic rings. The van der Waals surface area contributed by atoms with Crippen LogP contribution in [-0.2, 0) is 12.8 Å². The van der Waals surface area contributed by atoms with Crippen molar-refractivity contribution in [3.8, 4) is 0 Å². The topological polar surface area (TPSA) is 72.2 Å². The van der Waals surface area contributed by atoms with Crippen LogP contribution in [0.25, 0.3) is 0 Å². The van der Waals surface area contributed by atoms with Gasteiger partial charge in [0.25, 0.3) is 11.8 Å². The number of nitrogens with two attached hydrogens (primary N) is 1. The van der Waals surface area contributed by atoms with E-state index in [4.69, 9.17) is 5.73 Å². The van der Waals surface area contributed by atoms with Crippen LogP contribution in [0.2, 0.25) is 0 Å². The zero-order valence-corrected chi connectivity index (χ0v) is 13.5. The third-order valence-electron chi connectivity index (χ3n) is 3.93. The normalized spacial score (nSPS) is 13.2. The molecule has 2 aromatic heterocycles. The Kier molecular flexibility index (Phi) is 3.59. The van der Waals surface area contributed by atoms with Crippen LogP contribution < -0.4 is 11.1 Å². The van der Waals surface area contributed by atoms with Crippen LogP contribution in [0, 0.1) is 13.8 Å². The van der Waals surface area contributed by atoms with Crippen LogP contribution in [0.1, 0.15) is 48.0 Å². The molecule has 0 unspecified atom stereocenters. The molecule has 0 spiro atoms. The van der Waals surface area contributed by atoms with Crippen molar-refractivity contribution in [2.45, 2.75) is 33.1 Å². The van der Waals surface area contributed by atoms with E-state index >= 15 is 0 Å². The summed E-state index contributed by atoms with van der Waals surface area (Å²) in [6.45, 7) is 3.93. The number of fused-ring (bicyclic) bond motifs is 1. The van der Waals surface area contributed by atoms with Crippen LogP contribution in [0.15, 0.2) is 5.38 Å². The Labute approximate surface area is 131 Å². The molecule has 1 aliphatic rings. The van der Waals surface area contributed by atoms with Crippen LogP contribution in [0.5, 0.6) is 0 Å². The summed E-state index contributed by atoms with van der Waals surface area (Å²) in [6.07, 6.45) is 2.89. The first-order valence-corrected chi connectivity index (χ1v) is 8.49. The summed E-state index contributed by atoms with van der Waals surface area (Å²) in [5.74, 6) is -0.623. The fourth-order valence-corrected chi connectivity index (χ4v) is 4.82. The summed E-state index contributed by atoms with van der Waals surface area (Å²) in [5.41, 5.74) is 8.69. The minimum absolute atomic E-state index is 0.167. The second-order valence-electron chi connectivity index (χ2n) is 5.21. The molecular formula is C15H16N2O2S2. The highest BCUT2D eigenvalue weighted by molar-refractivity contribution is 7.17. The van der Waals surface area contributed by atoms with Gasteiger partial charge < -0.3 is 11.1 Å². The van der Waals surface area contributed by atoms with Gasteiger partial charge in [-0.05, 0) is 44.2 Å². The predicted octanol–water partition coefficient (Wildman–Crippen LogP) is 3.27. The molecule has 3 N–H and O–H groups in total. The van der Waals surface area contributed by atoms with Gasteiger partial charge in [0.2, 0.25) is 0 Å². The average molecular weight is 320 g/mol. The SMILES string of the molecule is Cc1scc(C(=O)Nc2sc3c(c2C(N)=O)CCC3)c1C. The van der Waals surface area contributed by atoms with Crippen molar-refractivity contribution in [1.29, 1.82) is 0 Å². The Balaban J connectivity index is 1.94. The fraction of sp³-hybridized carbons (Fsp3) is 0.333. The quantitative estimate of drug-likeness (QED) is 0.911. The highest BCUT2D eigenvalue weighted by atomic mass is 32.1. The summed E-state index contributed by atoms with van der Waals surface area (Å²) in [4.78, 5) is 26.4. The van der Waals surface area contributed by atoms with E-state index in [-0.39, 0.29) is 5.91 Å². The molecule has 0 radical (unpaired) electrons. The van der Waals surface area contributed by atoms with Gasteiger partial charge in [-0.25, -0.2) is 0 Å². The Morgan fingerprint density at radius 2 is 2.05 bits per heavy atom. The monoisotopic (exact) mass is 320 g/mol. The highest BCUT2D eigenvalue weighted by Gasteiger charge is 2.26. The second-order valence-corrected chi connectivity index (χ2v) is 7.40. The van der Waals surface area contributed by atoms with Crippen molar-refractivity contribution < 1.29 is 9.59 Å². The van der Waals surface area contributed by atoms with Crippen molar-refractivity contribution in [3.05, 3.63) is 37.4 Å². The van der Waals surface area contributed by atoms with Gasteiger partial charge in [-0.2, -0.15) is 0 Å². The summed E-state index contributed by atoms with van der Waals surface area (Å²) in [7, 11) is 0. The largest absolute Gasteiger partial charge is 0.365 e. The van der Waals surface area contributed by atoms with E-state index in [1.165, 1.54) is 16.2 Å². The lowest BCUT2D eigenvalue weighted by molar-refractivity contribution is 0.100. The number of primary amides is 1. The molecule has 0 saturated carbocycles. The van der Waals surface area contributed by atoms with E-state index < -0.39 is 5.91 Å². The average Bonchev–Trinajstić information content (AvgIpc) is 3.05. The van der Waals surface area contributed by atoms with Gasteiger partial charge in [0, 0.05) is 15.1 Å². The van der Waals surface area contributed by atoms with E-state index in [1.54, 1.807) is 11.3 Å². The van der Waals surface area contributed by atoms with Crippen LogP contribution in [-0.4, -0.2) is 11.8 Å². The standard InChI is InChI=1S/C15H16N2O2S2/c1-7-8(2)20-6-10(7)14(19)17-15-12(13(16)18)9-4-3-5-11(9)21-15/h6H,3-5H2,1-2H3,(H2,16,18)(H,17,19). The molecule has 3 rings (SSSR count). The lowest BCUT2D eigenvalue weighted by Crippen LogP contribution is -2.18. The van der Waals surface area contributed by atoms with Gasteiger partial charge in [-0.3, -0.25) is 9.59 Å². The molecule has 2 amide bonds. The minimum Gasteiger partial charge on any atom is -0.365 e. The van der Waals surface area contributed by atoms with Gasteiger partial charge in [0.15, 0.2) is 0 Å². The molecule has 110 valence electrons. The van der Waals surface area contributed by atoms with Crippen molar-refractivity contribution >= 4 is 39.5 Å². The Hall–Kier alpha value is -1.66. The third-order valence-corrected chi connectivity index (χ3v) is 6.15. The lowest BCUT2D eigenvalue weighted by Gasteiger charge is -2.06. The van der Waals surface area contributed by atoms with Gasteiger partial charge >= 0.3 is 0 Å². The number of carbonyl (C=O) groups is 2. The molecule has 0 bridgehead atoms. The summed E-state index contributed by atoms with van der Waals surface area (Å²) in [5, 5.41) is 5.33. The van der Waals surface area contributed by atoms with Crippen LogP contribution >= 0.6 is 22.7 Å². The number of nitrogens with one attached hydrogen (secondary N) is 1. The van der Waals surface area contributed by atoms with E-state index in [0.29, 0.717) is 16.1 Å². The third kappa shape index (κ3) is 2.38. The zero-order valence-electron chi connectivity index (χ0n) is 11.9. The fourth-order valence-electron chi connectivity index (χ4n) is 2.66. The molecule has 0 aliphatic heterocycles. The molecule has 21 heavy (non-hydrogen) atoms. The smallest absolute Gasteiger partial charge is 0.257 e. The number of hydrogen-bond acceptors (Lipinski definition) is 4. The van der Waals surface area contributed by atoms with Gasteiger partial charge in [-0.15, -0.1) is 22.7 Å². The lowest BCUT2D eigenvalue weighted by atomic mass is 10.1. The maximum atomic E-state index is 12.4. The molecular weight excluding hydrogens is 304 g/mol. The Bertz CT molecular complexity index is 743. The van der Waals surface area contributed by atoms with E-state index in [0.717, 1.165) is 35.3 Å². The highest BCUT2D eigenvalue weighted by Crippen LogP contribution is 2.39. The van der Waals surface area contributed by atoms with Gasteiger partial charge in [0.05, 0.1) is 11.1 Å². The van der Waals surface area contributed by atoms with Crippen molar-refractivity contribution in [1.82, 2.24) is 0 Å². The second kappa shape index (κ2) is 5.27. The van der Waals surface area contributed by atoms with Crippen molar-refractivity contribution in [2.24, 2.45) is 5.73 Å². The maximum Gasteiger partial charge on any atom is 0.257 e. The number of thiophene rings is 2. The number of rotatable bonds is 3. The number of anilines is 1. The summed E-state index contributed by atoms with van der Waals surface area (Å²) in [6, 6.07) is 0. The van der Waals surface area contributed by atoms with E-state index in [2.05, 4.69) is 5.32 Å². The maximum absolute atomic E-state index is 12.4. The summed E-state index contributed by atoms with van der Waals surface area (Å²) >= 11 is 3.04. The van der Waals surface area contributed by atoms with Crippen molar-refractivity contribution in [2.75, 3.05) is 5.32 Å². The molecule has 4 nitrogen and oxygen atoms in total. The molecule has 1 aliphatic carbocycles. The van der Waals surface area contributed by atoms with Gasteiger partial charge in [-0.1, -0.05) is 0 Å². The number of aryl methyl sites for hydroxylation is 2. The minimum atomic E-state index is -0.456. The number of hydrogen-bond donors (Lipinski definition) is 2. The molecule has 0 atom stereocenters. The van der Waals surface area contributed by atoms with E-state index in [1.807, 2.05) is 19.2 Å². The molecule has 0 saturated heterocycles. The van der Waals surface area contributed by atoms with Crippen LogP contribution in [0.3, 0.4) is 0 Å². The predicted molar refractivity (Wildman–Crippen MR) is 86.6 cm³/mol. The first-order valence-electron chi connectivity index (χ1n) is 6.79. The summed E-state index contributed by atoms with van der Waals surface area (Å²) < 4.78 is 0. The first-order chi connectivity index (χ1) is 9.99.